The summed E-state index contributed by atoms with van der Waals surface area (Å²) in [7, 11) is 0. The highest BCUT2D eigenvalue weighted by Crippen LogP contribution is 2.40. The number of aromatic nitrogens is 2. The molecule has 2 aromatic rings. The minimum Gasteiger partial charge on any atom is -0.480 e. The predicted molar refractivity (Wildman–Crippen MR) is 89.6 cm³/mol. The minimum atomic E-state index is -4.44. The minimum absolute atomic E-state index is 0.129. The van der Waals surface area contributed by atoms with Gasteiger partial charge in [-0.2, -0.15) is 18.2 Å². The van der Waals surface area contributed by atoms with Crippen LogP contribution in [0.3, 0.4) is 0 Å². The van der Waals surface area contributed by atoms with Gasteiger partial charge in [0.15, 0.2) is 0 Å². The van der Waals surface area contributed by atoms with Crippen molar-refractivity contribution in [1.82, 2.24) is 9.97 Å². The number of rotatable bonds is 6. The number of carboxylic acid groups (broad SMARTS) is 1. The van der Waals surface area contributed by atoms with E-state index in [2.05, 4.69) is 20.6 Å². The summed E-state index contributed by atoms with van der Waals surface area (Å²) in [6.07, 6.45) is -2.50. The molecular formula is C17H17F3N4O2. The number of aliphatic carboxylic acids is 1. The number of anilines is 3. The van der Waals surface area contributed by atoms with Crippen molar-refractivity contribution in [2.45, 2.75) is 31.9 Å². The van der Waals surface area contributed by atoms with Gasteiger partial charge < -0.3 is 15.7 Å². The Morgan fingerprint density at radius 1 is 1.27 bits per heavy atom. The molecule has 0 unspecified atom stereocenters. The van der Waals surface area contributed by atoms with Crippen molar-refractivity contribution in [3.05, 3.63) is 41.1 Å². The van der Waals surface area contributed by atoms with Crippen LogP contribution in [-0.4, -0.2) is 27.6 Å². The summed E-state index contributed by atoms with van der Waals surface area (Å²) < 4.78 is 38.8. The number of carboxylic acids is 1. The maximum atomic E-state index is 12.9. The Bertz CT molecular complexity index is 835. The number of alkyl halides is 3. The van der Waals surface area contributed by atoms with Crippen molar-refractivity contribution < 1.29 is 23.1 Å². The first kappa shape index (κ1) is 18.0. The third kappa shape index (κ3) is 4.41. The van der Waals surface area contributed by atoms with Crippen LogP contribution in [0.5, 0.6) is 0 Å². The quantitative estimate of drug-likeness (QED) is 0.718. The van der Waals surface area contributed by atoms with Crippen LogP contribution in [0.4, 0.5) is 30.6 Å². The second kappa shape index (κ2) is 6.81. The van der Waals surface area contributed by atoms with Crippen molar-refractivity contribution in [2.75, 3.05) is 17.2 Å². The monoisotopic (exact) mass is 366 g/mol. The van der Waals surface area contributed by atoms with E-state index >= 15 is 0 Å². The number of hydrogen-bond donors (Lipinski definition) is 3. The van der Waals surface area contributed by atoms with Crippen molar-refractivity contribution in [3.63, 3.8) is 0 Å². The summed E-state index contributed by atoms with van der Waals surface area (Å²) in [5.41, 5.74) is 0.889. The highest BCUT2D eigenvalue weighted by Gasteiger charge is 2.31. The van der Waals surface area contributed by atoms with Gasteiger partial charge in [-0.15, -0.1) is 0 Å². The fourth-order valence-corrected chi connectivity index (χ4v) is 2.42. The first-order chi connectivity index (χ1) is 12.2. The number of nitrogens with zero attached hydrogens (tertiary/aromatic N) is 2. The molecule has 0 radical (unpaired) electrons. The van der Waals surface area contributed by atoms with Gasteiger partial charge in [0.1, 0.15) is 12.4 Å². The van der Waals surface area contributed by atoms with E-state index in [1.807, 2.05) is 0 Å². The average molecular weight is 366 g/mol. The molecule has 3 N–H and O–H groups in total. The molecule has 6 nitrogen and oxygen atoms in total. The van der Waals surface area contributed by atoms with Crippen LogP contribution in [-0.2, 0) is 11.0 Å². The lowest BCUT2D eigenvalue weighted by Crippen LogP contribution is -2.15. The second-order valence-electron chi connectivity index (χ2n) is 6.18. The number of aryl methyl sites for hydroxylation is 1. The van der Waals surface area contributed by atoms with E-state index in [1.165, 1.54) is 6.07 Å². The van der Waals surface area contributed by atoms with Gasteiger partial charge in [0.05, 0.1) is 11.3 Å². The summed E-state index contributed by atoms with van der Waals surface area (Å²) in [6.45, 7) is 1.34. The van der Waals surface area contributed by atoms with Gasteiger partial charge >= 0.3 is 12.1 Å². The number of benzene rings is 1. The van der Waals surface area contributed by atoms with Crippen LogP contribution in [0.15, 0.2) is 24.3 Å². The maximum Gasteiger partial charge on any atom is 0.416 e. The number of carbonyl (C=O) groups is 1. The predicted octanol–water partition coefficient (Wildman–Crippen LogP) is 3.92. The molecule has 1 aliphatic carbocycles. The normalized spacial score (nSPS) is 14.2. The fourth-order valence-electron chi connectivity index (χ4n) is 2.42. The molecule has 1 aliphatic rings. The van der Waals surface area contributed by atoms with E-state index in [0.717, 1.165) is 30.7 Å². The van der Waals surface area contributed by atoms with Crippen molar-refractivity contribution in [2.24, 2.45) is 0 Å². The average Bonchev–Trinajstić information content (AvgIpc) is 3.39. The van der Waals surface area contributed by atoms with Crippen LogP contribution in [0.2, 0.25) is 0 Å². The molecule has 1 saturated carbocycles. The Morgan fingerprint density at radius 3 is 2.62 bits per heavy atom. The smallest absolute Gasteiger partial charge is 0.416 e. The Labute approximate surface area is 147 Å². The van der Waals surface area contributed by atoms with Crippen molar-refractivity contribution in [1.29, 1.82) is 0 Å². The van der Waals surface area contributed by atoms with Gasteiger partial charge in [0.2, 0.25) is 5.95 Å². The Hall–Kier alpha value is -2.84. The topological polar surface area (TPSA) is 87.1 Å². The number of halogens is 3. The Morgan fingerprint density at radius 2 is 2.00 bits per heavy atom. The number of hydrogen-bond acceptors (Lipinski definition) is 5. The van der Waals surface area contributed by atoms with Crippen molar-refractivity contribution >= 4 is 23.4 Å². The molecule has 0 atom stereocenters. The Balaban J connectivity index is 1.90. The summed E-state index contributed by atoms with van der Waals surface area (Å²) in [4.78, 5) is 19.2. The van der Waals surface area contributed by atoms with Gasteiger partial charge in [-0.25, -0.2) is 4.98 Å². The van der Waals surface area contributed by atoms with Crippen LogP contribution >= 0.6 is 0 Å². The zero-order chi connectivity index (χ0) is 18.9. The molecule has 0 aliphatic heterocycles. The van der Waals surface area contributed by atoms with Gasteiger partial charge in [0, 0.05) is 17.7 Å². The van der Waals surface area contributed by atoms with Gasteiger partial charge in [-0.3, -0.25) is 4.79 Å². The highest BCUT2D eigenvalue weighted by molar-refractivity contribution is 5.72. The maximum absolute atomic E-state index is 12.9. The van der Waals surface area contributed by atoms with Gasteiger partial charge in [-0.05, 0) is 37.5 Å². The molecule has 0 bridgehead atoms. The van der Waals surface area contributed by atoms with Gasteiger partial charge in [0.25, 0.3) is 0 Å². The molecule has 1 heterocycles. The lowest BCUT2D eigenvalue weighted by atomic mass is 10.1. The molecular weight excluding hydrogens is 349 g/mol. The second-order valence-corrected chi connectivity index (χ2v) is 6.18. The molecule has 9 heteroatoms. The molecule has 1 aromatic heterocycles. The lowest BCUT2D eigenvalue weighted by molar-refractivity contribution is -0.137. The summed E-state index contributed by atoms with van der Waals surface area (Å²) in [5, 5.41) is 14.3. The number of nitrogens with one attached hydrogen (secondary N) is 2. The van der Waals surface area contributed by atoms with E-state index in [1.54, 1.807) is 13.0 Å². The summed E-state index contributed by atoms with van der Waals surface area (Å²) in [5.74, 6) is -0.346. The lowest BCUT2D eigenvalue weighted by Gasteiger charge is -2.14. The van der Waals surface area contributed by atoms with Crippen LogP contribution < -0.4 is 10.6 Å². The molecule has 1 fully saturated rings. The van der Waals surface area contributed by atoms with E-state index < -0.39 is 17.7 Å². The van der Waals surface area contributed by atoms with Crippen LogP contribution in [0.25, 0.3) is 0 Å². The standard InChI is InChI=1S/C17H17F3N4O2/c1-9-2-5-11(17(18,19)20)6-12(9)22-14-7-13(10-3-4-10)23-16(24-14)21-8-15(25)26/h2,5-7,10H,3-4,8H2,1H3,(H,25,26)(H2,21,22,23,24). The largest absolute Gasteiger partial charge is 0.480 e. The molecule has 0 amide bonds. The van der Waals surface area contributed by atoms with E-state index in [9.17, 15) is 18.0 Å². The first-order valence-electron chi connectivity index (χ1n) is 8.02. The molecule has 3 rings (SSSR count). The fraction of sp³-hybridized carbons (Fsp3) is 0.353. The van der Waals surface area contributed by atoms with Crippen molar-refractivity contribution in [3.8, 4) is 0 Å². The molecule has 1 aromatic carbocycles. The molecule has 26 heavy (non-hydrogen) atoms. The zero-order valence-corrected chi connectivity index (χ0v) is 13.9. The third-order valence-corrected chi connectivity index (χ3v) is 3.97. The van der Waals surface area contributed by atoms with Crippen LogP contribution in [0, 0.1) is 6.92 Å². The SMILES string of the molecule is Cc1ccc(C(F)(F)F)cc1Nc1cc(C2CC2)nc(NCC(=O)O)n1. The molecule has 138 valence electrons. The Kier molecular flexibility index (Phi) is 4.71. The van der Waals surface area contributed by atoms with E-state index in [4.69, 9.17) is 5.11 Å². The first-order valence-corrected chi connectivity index (χ1v) is 8.02. The van der Waals surface area contributed by atoms with Gasteiger partial charge in [-0.1, -0.05) is 6.07 Å². The van der Waals surface area contributed by atoms with Crippen LogP contribution in [0.1, 0.15) is 35.6 Å². The van der Waals surface area contributed by atoms with E-state index in [0.29, 0.717) is 11.4 Å². The summed E-state index contributed by atoms with van der Waals surface area (Å²) in [6, 6.07) is 5.12. The van der Waals surface area contributed by atoms with E-state index in [-0.39, 0.29) is 24.1 Å². The molecule has 0 saturated heterocycles. The molecule has 0 spiro atoms. The third-order valence-electron chi connectivity index (χ3n) is 3.97. The summed E-state index contributed by atoms with van der Waals surface area (Å²) >= 11 is 0. The zero-order valence-electron chi connectivity index (χ0n) is 13.9. The highest BCUT2D eigenvalue weighted by atomic mass is 19.4.